The van der Waals surface area contributed by atoms with Gasteiger partial charge in [0, 0.05) is 19.3 Å². The van der Waals surface area contributed by atoms with Crippen LogP contribution in [0.2, 0.25) is 0 Å². The first kappa shape index (κ1) is 72.8. The molecule has 0 saturated heterocycles. The van der Waals surface area contributed by atoms with Crippen molar-refractivity contribution in [1.29, 1.82) is 0 Å². The van der Waals surface area contributed by atoms with E-state index in [1.165, 1.54) is 199 Å². The topological polar surface area (TPSA) is 78.9 Å². The molecule has 0 radical (unpaired) electrons. The number of carbonyl (C=O) groups excluding carboxylic acids is 3. The van der Waals surface area contributed by atoms with Crippen molar-refractivity contribution in [1.82, 2.24) is 0 Å². The summed E-state index contributed by atoms with van der Waals surface area (Å²) in [7, 11) is 0. The molecule has 0 amide bonds. The highest BCUT2D eigenvalue weighted by Gasteiger charge is 2.19. The van der Waals surface area contributed by atoms with Crippen LogP contribution in [0.25, 0.3) is 0 Å². The third-order valence-electron chi connectivity index (χ3n) is 14.5. The average molecular weight is 1060 g/mol. The Morgan fingerprint density at radius 2 is 0.513 bits per heavy atom. The van der Waals surface area contributed by atoms with Gasteiger partial charge in [0.1, 0.15) is 13.2 Å². The molecule has 0 aromatic carbocycles. The molecule has 0 fully saturated rings. The molecule has 76 heavy (non-hydrogen) atoms. The van der Waals surface area contributed by atoms with E-state index in [4.69, 9.17) is 14.2 Å². The van der Waals surface area contributed by atoms with Gasteiger partial charge in [-0.1, -0.05) is 318 Å². The molecular weight excluding hydrogens is 937 g/mol. The fourth-order valence-corrected chi connectivity index (χ4v) is 9.57. The van der Waals surface area contributed by atoms with Gasteiger partial charge in [-0.3, -0.25) is 14.4 Å². The lowest BCUT2D eigenvalue weighted by Crippen LogP contribution is -2.30. The number of hydrogen-bond donors (Lipinski definition) is 0. The molecular formula is C70H124O6. The molecule has 0 heterocycles. The Bertz CT molecular complexity index is 1400. The SMILES string of the molecule is CC/C=C\C/C=C\C/C=C\C/C=C\C/C=C\C/C=C\CCCCC(=O)OC(COC(=O)CCCCCCCCCCCCCCCCC)COC(=O)CCCCCCCCCCCCCCCCCCCCCCCC. The Balaban J connectivity index is 4.39. The van der Waals surface area contributed by atoms with Crippen LogP contribution in [0.3, 0.4) is 0 Å². The van der Waals surface area contributed by atoms with Crippen molar-refractivity contribution in [3.63, 3.8) is 0 Å². The van der Waals surface area contributed by atoms with Gasteiger partial charge in [0.2, 0.25) is 0 Å². The van der Waals surface area contributed by atoms with E-state index in [9.17, 15) is 14.4 Å². The molecule has 0 N–H and O–H groups in total. The Labute approximate surface area is 472 Å². The molecule has 1 unspecified atom stereocenters. The molecule has 0 rings (SSSR count). The summed E-state index contributed by atoms with van der Waals surface area (Å²) in [6, 6.07) is 0. The van der Waals surface area contributed by atoms with E-state index in [2.05, 4.69) is 93.7 Å². The second-order valence-corrected chi connectivity index (χ2v) is 22.0. The summed E-state index contributed by atoms with van der Waals surface area (Å²) in [4.78, 5) is 38.3. The highest BCUT2D eigenvalue weighted by molar-refractivity contribution is 5.71. The summed E-state index contributed by atoms with van der Waals surface area (Å²) in [6.07, 6.45) is 83.4. The predicted octanol–water partition coefficient (Wildman–Crippen LogP) is 22.5. The van der Waals surface area contributed by atoms with Crippen LogP contribution >= 0.6 is 0 Å². The molecule has 6 nitrogen and oxygen atoms in total. The Morgan fingerprint density at radius 1 is 0.276 bits per heavy atom. The zero-order valence-corrected chi connectivity index (χ0v) is 50.5. The lowest BCUT2D eigenvalue weighted by Gasteiger charge is -2.18. The van der Waals surface area contributed by atoms with Gasteiger partial charge in [-0.05, 0) is 70.6 Å². The fraction of sp³-hybridized carbons (Fsp3) is 0.786. The minimum Gasteiger partial charge on any atom is -0.462 e. The van der Waals surface area contributed by atoms with Crippen LogP contribution in [0.15, 0.2) is 72.9 Å². The number of allylic oxidation sites excluding steroid dienone is 12. The zero-order chi connectivity index (χ0) is 55.0. The van der Waals surface area contributed by atoms with Crippen LogP contribution in [0.1, 0.15) is 335 Å². The molecule has 0 aliphatic carbocycles. The second-order valence-electron chi connectivity index (χ2n) is 22.0. The maximum Gasteiger partial charge on any atom is 0.306 e. The smallest absolute Gasteiger partial charge is 0.306 e. The predicted molar refractivity (Wildman–Crippen MR) is 330 cm³/mol. The molecule has 440 valence electrons. The summed E-state index contributed by atoms with van der Waals surface area (Å²) < 4.78 is 16.9. The Hall–Kier alpha value is -3.15. The summed E-state index contributed by atoms with van der Waals surface area (Å²) in [5.41, 5.74) is 0. The molecule has 0 aromatic rings. The highest BCUT2D eigenvalue weighted by atomic mass is 16.6. The standard InChI is InChI=1S/C70H124O6/c1-4-7-10-13-16-19-22-25-28-30-32-34-36-37-39-42-45-48-51-54-57-60-63-69(72)75-66-67(65-74-68(71)62-59-56-53-50-47-44-41-27-24-21-18-15-12-9-6-3)76-70(73)64-61-58-55-52-49-46-43-40-38-35-33-31-29-26-23-20-17-14-11-8-5-2/h8,11,17,20,26,29,33,35,40,43,49,52,67H,4-7,9-10,12-16,18-19,21-25,27-28,30-32,34,36-39,41-42,44-48,50-51,53-66H2,1-3H3/b11-8-,20-17-,29-26-,35-33-,43-40-,52-49-. The van der Waals surface area contributed by atoms with Crippen molar-refractivity contribution in [2.45, 2.75) is 341 Å². The minimum absolute atomic E-state index is 0.0886. The molecule has 0 saturated carbocycles. The zero-order valence-electron chi connectivity index (χ0n) is 50.5. The van der Waals surface area contributed by atoms with E-state index >= 15 is 0 Å². The third-order valence-corrected chi connectivity index (χ3v) is 14.5. The number of carbonyl (C=O) groups is 3. The van der Waals surface area contributed by atoms with Crippen molar-refractivity contribution >= 4 is 17.9 Å². The molecule has 0 aliphatic heterocycles. The first-order valence-corrected chi connectivity index (χ1v) is 32.9. The van der Waals surface area contributed by atoms with Gasteiger partial charge in [-0.2, -0.15) is 0 Å². The normalized spacial score (nSPS) is 12.5. The van der Waals surface area contributed by atoms with Crippen LogP contribution in [-0.2, 0) is 28.6 Å². The van der Waals surface area contributed by atoms with Crippen molar-refractivity contribution in [2.24, 2.45) is 0 Å². The van der Waals surface area contributed by atoms with Crippen molar-refractivity contribution in [3.8, 4) is 0 Å². The van der Waals surface area contributed by atoms with Crippen molar-refractivity contribution < 1.29 is 28.6 Å². The van der Waals surface area contributed by atoms with Crippen LogP contribution in [0.4, 0.5) is 0 Å². The van der Waals surface area contributed by atoms with Gasteiger partial charge in [-0.25, -0.2) is 0 Å². The maximum atomic E-state index is 12.9. The largest absolute Gasteiger partial charge is 0.462 e. The maximum absolute atomic E-state index is 12.9. The van der Waals surface area contributed by atoms with E-state index in [0.717, 1.165) is 89.9 Å². The quantitative estimate of drug-likeness (QED) is 0.0261. The van der Waals surface area contributed by atoms with Crippen LogP contribution < -0.4 is 0 Å². The minimum atomic E-state index is -0.797. The lowest BCUT2D eigenvalue weighted by molar-refractivity contribution is -0.167. The van der Waals surface area contributed by atoms with Crippen molar-refractivity contribution in [2.75, 3.05) is 13.2 Å². The van der Waals surface area contributed by atoms with E-state index in [1.54, 1.807) is 0 Å². The van der Waals surface area contributed by atoms with Gasteiger partial charge in [0.15, 0.2) is 6.10 Å². The molecule has 1 atom stereocenters. The van der Waals surface area contributed by atoms with Gasteiger partial charge >= 0.3 is 17.9 Å². The summed E-state index contributed by atoms with van der Waals surface area (Å²) >= 11 is 0. The Kier molecular flexibility index (Phi) is 61.7. The molecule has 0 aromatic heterocycles. The third kappa shape index (κ3) is 61.7. The number of esters is 3. The summed E-state index contributed by atoms with van der Waals surface area (Å²) in [5.74, 6) is -0.912. The van der Waals surface area contributed by atoms with Crippen LogP contribution in [0, 0.1) is 0 Å². The summed E-state index contributed by atoms with van der Waals surface area (Å²) in [5, 5.41) is 0. The fourth-order valence-electron chi connectivity index (χ4n) is 9.57. The molecule has 0 spiro atoms. The van der Waals surface area contributed by atoms with E-state index in [1.807, 2.05) is 0 Å². The van der Waals surface area contributed by atoms with Crippen molar-refractivity contribution in [3.05, 3.63) is 72.9 Å². The monoisotopic (exact) mass is 1060 g/mol. The van der Waals surface area contributed by atoms with Crippen LogP contribution in [0.5, 0.6) is 0 Å². The van der Waals surface area contributed by atoms with E-state index in [-0.39, 0.29) is 37.5 Å². The first-order chi connectivity index (χ1) is 37.5. The summed E-state index contributed by atoms with van der Waals surface area (Å²) in [6.45, 7) is 6.55. The number of unbranched alkanes of at least 4 members (excludes halogenated alkanes) is 37. The first-order valence-electron chi connectivity index (χ1n) is 32.9. The molecule has 0 aliphatic rings. The lowest BCUT2D eigenvalue weighted by atomic mass is 10.0. The Morgan fingerprint density at radius 3 is 0.803 bits per heavy atom. The van der Waals surface area contributed by atoms with Gasteiger partial charge in [0.25, 0.3) is 0 Å². The number of ether oxygens (including phenoxy) is 3. The molecule has 0 bridgehead atoms. The van der Waals surface area contributed by atoms with Crippen LogP contribution in [-0.4, -0.2) is 37.2 Å². The van der Waals surface area contributed by atoms with E-state index < -0.39 is 6.10 Å². The second kappa shape index (κ2) is 64.4. The van der Waals surface area contributed by atoms with Gasteiger partial charge in [0.05, 0.1) is 0 Å². The number of hydrogen-bond acceptors (Lipinski definition) is 6. The van der Waals surface area contributed by atoms with E-state index in [0.29, 0.717) is 19.3 Å². The van der Waals surface area contributed by atoms with Gasteiger partial charge < -0.3 is 14.2 Å². The molecule has 6 heteroatoms. The number of rotatable bonds is 60. The highest BCUT2D eigenvalue weighted by Crippen LogP contribution is 2.18. The average Bonchev–Trinajstić information content (AvgIpc) is 3.42. The van der Waals surface area contributed by atoms with Gasteiger partial charge in [-0.15, -0.1) is 0 Å².